The lowest BCUT2D eigenvalue weighted by molar-refractivity contribution is 0.197. The lowest BCUT2D eigenvalue weighted by Crippen LogP contribution is -2.42. The van der Waals surface area contributed by atoms with Gasteiger partial charge in [0.25, 0.3) is 0 Å². The van der Waals surface area contributed by atoms with Gasteiger partial charge in [-0.3, -0.25) is 5.32 Å². The Labute approximate surface area is 184 Å². The molecular weight excluding hydrogens is 423 g/mol. The van der Waals surface area contributed by atoms with Gasteiger partial charge < -0.3 is 9.32 Å². The fourth-order valence-electron chi connectivity index (χ4n) is 3.41. The van der Waals surface area contributed by atoms with Gasteiger partial charge >= 0.3 is 12.0 Å². The molecule has 1 aliphatic rings. The molecule has 0 radical (unpaired) electrons. The largest absolute Gasteiger partial charge is 0.403 e. The molecular formula is C22H20Cl2N4O2. The normalized spacial score (nSPS) is 17.9. The lowest BCUT2D eigenvalue weighted by Gasteiger charge is -2.32. The summed E-state index contributed by atoms with van der Waals surface area (Å²) < 4.78 is 5.56. The third kappa shape index (κ3) is 4.66. The van der Waals surface area contributed by atoms with Crippen LogP contribution in [0.5, 0.6) is 0 Å². The number of urea groups is 1. The number of aromatic nitrogens is 2. The molecule has 1 saturated heterocycles. The Morgan fingerprint density at radius 2 is 1.97 bits per heavy atom. The summed E-state index contributed by atoms with van der Waals surface area (Å²) in [5.41, 5.74) is 3.07. The predicted molar refractivity (Wildman–Crippen MR) is 119 cm³/mol. The number of piperidine rings is 1. The van der Waals surface area contributed by atoms with Crippen LogP contribution in [0.1, 0.15) is 18.9 Å². The number of carbonyl (C=O) groups excluding carboxylic acids is 1. The van der Waals surface area contributed by atoms with Gasteiger partial charge in [-0.25, -0.2) is 4.79 Å². The Bertz CT molecular complexity index is 1080. The number of nitrogens with zero attached hydrogens (tertiary/aromatic N) is 3. The fraction of sp³-hybridized carbons (Fsp3) is 0.227. The highest BCUT2D eigenvalue weighted by Gasteiger charge is 2.25. The van der Waals surface area contributed by atoms with Crippen molar-refractivity contribution in [2.45, 2.75) is 13.3 Å². The van der Waals surface area contributed by atoms with E-state index in [2.05, 4.69) is 28.5 Å². The average Bonchev–Trinajstić information content (AvgIpc) is 3.21. The molecule has 6 nitrogen and oxygen atoms in total. The Hall–Kier alpha value is -2.83. The van der Waals surface area contributed by atoms with Crippen LogP contribution in [0, 0.1) is 5.92 Å². The van der Waals surface area contributed by atoms with Crippen molar-refractivity contribution in [2.75, 3.05) is 18.4 Å². The van der Waals surface area contributed by atoms with E-state index in [-0.39, 0.29) is 18.0 Å². The van der Waals surface area contributed by atoms with Gasteiger partial charge in [-0.2, -0.15) is 0 Å². The van der Waals surface area contributed by atoms with E-state index in [4.69, 9.17) is 27.6 Å². The van der Waals surface area contributed by atoms with Gasteiger partial charge in [0.05, 0.1) is 10.0 Å². The molecule has 2 aromatic carbocycles. The van der Waals surface area contributed by atoms with Crippen molar-refractivity contribution in [2.24, 2.45) is 5.92 Å². The maximum absolute atomic E-state index is 12.6. The van der Waals surface area contributed by atoms with Gasteiger partial charge in [0.2, 0.25) is 5.89 Å². The molecule has 0 aliphatic carbocycles. The smallest absolute Gasteiger partial charge is 0.325 e. The first-order valence-corrected chi connectivity index (χ1v) is 10.4. The quantitative estimate of drug-likeness (QED) is 0.539. The minimum Gasteiger partial charge on any atom is -0.403 e. The molecule has 1 aromatic heterocycles. The van der Waals surface area contributed by atoms with E-state index in [1.54, 1.807) is 11.0 Å². The lowest BCUT2D eigenvalue weighted by atomic mass is 9.91. The van der Waals surface area contributed by atoms with Crippen LogP contribution in [0.2, 0.25) is 10.0 Å². The van der Waals surface area contributed by atoms with Crippen molar-refractivity contribution in [3.8, 4) is 11.5 Å². The Morgan fingerprint density at radius 1 is 1.17 bits per heavy atom. The van der Waals surface area contributed by atoms with E-state index in [9.17, 15) is 4.79 Å². The second-order valence-electron chi connectivity index (χ2n) is 7.20. The standard InChI is InChI=1S/C22H20Cl2N4O2/c1-14-13-28(10-9-17(14)11-15-7-8-18(23)19(24)12-15)22(29)25-21-27-26-20(30-21)16-5-3-2-4-6-16/h2-8,11-12,14H,9-10,13H2,1H3,(H,25,27,29)/b17-11+. The molecule has 1 unspecified atom stereocenters. The topological polar surface area (TPSA) is 71.3 Å². The van der Waals surface area contributed by atoms with E-state index in [0.29, 0.717) is 29.0 Å². The first-order valence-electron chi connectivity index (χ1n) is 9.60. The minimum atomic E-state index is -0.251. The molecule has 1 fully saturated rings. The summed E-state index contributed by atoms with van der Waals surface area (Å²) in [4.78, 5) is 14.4. The number of halogens is 2. The van der Waals surface area contributed by atoms with Crippen molar-refractivity contribution in [3.05, 3.63) is 69.7 Å². The number of amides is 2. The van der Waals surface area contributed by atoms with Gasteiger partial charge in [-0.05, 0) is 42.2 Å². The number of rotatable bonds is 3. The minimum absolute atomic E-state index is 0.0867. The summed E-state index contributed by atoms with van der Waals surface area (Å²) in [7, 11) is 0. The Balaban J connectivity index is 1.38. The van der Waals surface area contributed by atoms with Crippen LogP contribution in [0.3, 0.4) is 0 Å². The molecule has 154 valence electrons. The Kier molecular flexibility index (Phi) is 6.06. The van der Waals surface area contributed by atoms with Crippen LogP contribution in [0.15, 0.2) is 58.5 Å². The van der Waals surface area contributed by atoms with Crippen molar-refractivity contribution >= 4 is 41.3 Å². The monoisotopic (exact) mass is 442 g/mol. The molecule has 2 heterocycles. The highest BCUT2D eigenvalue weighted by molar-refractivity contribution is 6.42. The van der Waals surface area contributed by atoms with Crippen molar-refractivity contribution in [3.63, 3.8) is 0 Å². The maximum Gasteiger partial charge on any atom is 0.325 e. The summed E-state index contributed by atoms with van der Waals surface area (Å²) in [6, 6.07) is 14.8. The summed E-state index contributed by atoms with van der Waals surface area (Å²) in [6.45, 7) is 3.30. The molecule has 1 N–H and O–H groups in total. The molecule has 0 bridgehead atoms. The number of carbonyl (C=O) groups is 1. The van der Waals surface area contributed by atoms with Gasteiger partial charge in [-0.15, -0.1) is 5.10 Å². The SMILES string of the molecule is CC1CN(C(=O)Nc2nnc(-c3ccccc3)o2)CC/C1=C\c1ccc(Cl)c(Cl)c1. The van der Waals surface area contributed by atoms with E-state index >= 15 is 0 Å². The van der Waals surface area contributed by atoms with Crippen LogP contribution in [0.25, 0.3) is 17.5 Å². The molecule has 1 aliphatic heterocycles. The van der Waals surface area contributed by atoms with Crippen LogP contribution >= 0.6 is 23.2 Å². The summed E-state index contributed by atoms with van der Waals surface area (Å²) in [5.74, 6) is 0.575. The van der Waals surface area contributed by atoms with Gasteiger partial charge in [0, 0.05) is 18.7 Å². The van der Waals surface area contributed by atoms with Crippen LogP contribution in [0.4, 0.5) is 10.8 Å². The molecule has 3 aromatic rings. The third-order valence-corrected chi connectivity index (χ3v) is 5.78. The number of anilines is 1. The summed E-state index contributed by atoms with van der Waals surface area (Å²) in [5, 5.41) is 11.7. The highest BCUT2D eigenvalue weighted by atomic mass is 35.5. The van der Waals surface area contributed by atoms with Crippen LogP contribution < -0.4 is 5.32 Å². The summed E-state index contributed by atoms with van der Waals surface area (Å²) in [6.07, 6.45) is 2.89. The molecule has 1 atom stereocenters. The van der Waals surface area contributed by atoms with Crippen molar-refractivity contribution in [1.82, 2.24) is 15.1 Å². The van der Waals surface area contributed by atoms with Gasteiger partial charge in [0.1, 0.15) is 0 Å². The van der Waals surface area contributed by atoms with Gasteiger partial charge in [0.15, 0.2) is 0 Å². The van der Waals surface area contributed by atoms with Gasteiger partial charge in [-0.1, -0.05) is 71.1 Å². The predicted octanol–water partition coefficient (Wildman–Crippen LogP) is 6.00. The van der Waals surface area contributed by atoms with E-state index < -0.39 is 0 Å². The Morgan fingerprint density at radius 3 is 2.70 bits per heavy atom. The van der Waals surface area contributed by atoms with Crippen molar-refractivity contribution < 1.29 is 9.21 Å². The second kappa shape index (κ2) is 8.90. The zero-order chi connectivity index (χ0) is 21.1. The molecule has 0 saturated carbocycles. The summed E-state index contributed by atoms with van der Waals surface area (Å²) >= 11 is 12.1. The highest BCUT2D eigenvalue weighted by Crippen LogP contribution is 2.28. The number of hydrogen-bond acceptors (Lipinski definition) is 4. The molecule has 2 amide bonds. The van der Waals surface area contributed by atoms with Crippen LogP contribution in [-0.4, -0.2) is 34.2 Å². The van der Waals surface area contributed by atoms with Crippen LogP contribution in [-0.2, 0) is 0 Å². The number of benzene rings is 2. The molecule has 4 rings (SSSR count). The average molecular weight is 443 g/mol. The van der Waals surface area contributed by atoms with E-state index in [0.717, 1.165) is 17.5 Å². The zero-order valence-electron chi connectivity index (χ0n) is 16.3. The maximum atomic E-state index is 12.6. The third-order valence-electron chi connectivity index (χ3n) is 5.04. The first-order chi connectivity index (χ1) is 14.5. The fourth-order valence-corrected chi connectivity index (χ4v) is 3.71. The second-order valence-corrected chi connectivity index (χ2v) is 8.01. The molecule has 30 heavy (non-hydrogen) atoms. The molecule has 8 heteroatoms. The number of hydrogen-bond donors (Lipinski definition) is 1. The number of nitrogens with one attached hydrogen (secondary N) is 1. The first kappa shape index (κ1) is 20.4. The van der Waals surface area contributed by atoms with E-state index in [1.807, 2.05) is 42.5 Å². The molecule has 0 spiro atoms. The van der Waals surface area contributed by atoms with Crippen molar-refractivity contribution in [1.29, 1.82) is 0 Å². The number of likely N-dealkylation sites (tertiary alicyclic amines) is 1. The van der Waals surface area contributed by atoms with E-state index in [1.165, 1.54) is 5.57 Å². The zero-order valence-corrected chi connectivity index (χ0v) is 17.8.